The minimum absolute atomic E-state index is 0.0922. The summed E-state index contributed by atoms with van der Waals surface area (Å²) in [5.74, 6) is -2.93. The Balaban J connectivity index is 1.70. The van der Waals surface area contributed by atoms with Gasteiger partial charge in [-0.3, -0.25) is 0 Å². The van der Waals surface area contributed by atoms with Gasteiger partial charge in [0.25, 0.3) is 0 Å². The summed E-state index contributed by atoms with van der Waals surface area (Å²) in [6, 6.07) is 9.99. The zero-order chi connectivity index (χ0) is 28.9. The van der Waals surface area contributed by atoms with Gasteiger partial charge in [0.1, 0.15) is 21.3 Å². The van der Waals surface area contributed by atoms with Crippen molar-refractivity contribution >= 4 is 37.1 Å². The summed E-state index contributed by atoms with van der Waals surface area (Å²) in [7, 11) is -8.43. The molecule has 1 aromatic heterocycles. The van der Waals surface area contributed by atoms with E-state index in [1.54, 1.807) is 6.92 Å². The van der Waals surface area contributed by atoms with E-state index in [0.717, 1.165) is 12.1 Å². The molecule has 2 aromatic carbocycles. The number of fused-ring (bicyclic) bond motifs is 3. The Kier molecular flexibility index (Phi) is 7.35. The number of hydrogen-bond donors (Lipinski definition) is 1. The molecule has 214 valence electrons. The maximum absolute atomic E-state index is 15.8. The lowest BCUT2D eigenvalue weighted by molar-refractivity contribution is -0.140. The van der Waals surface area contributed by atoms with Gasteiger partial charge < -0.3 is 15.2 Å². The van der Waals surface area contributed by atoms with Crippen LogP contribution in [-0.4, -0.2) is 46.9 Å². The van der Waals surface area contributed by atoms with Crippen molar-refractivity contribution in [3.8, 4) is 5.75 Å². The van der Waals surface area contributed by atoms with E-state index in [9.17, 15) is 16.8 Å². The van der Waals surface area contributed by atoms with Crippen LogP contribution < -0.4 is 10.5 Å². The van der Waals surface area contributed by atoms with Crippen molar-refractivity contribution in [1.82, 2.24) is 4.98 Å². The Labute approximate surface area is 236 Å². The summed E-state index contributed by atoms with van der Waals surface area (Å²) in [5, 5.41) is 0.299. The quantitative estimate of drug-likeness (QED) is 0.407. The maximum atomic E-state index is 15.8. The van der Waals surface area contributed by atoms with E-state index in [2.05, 4.69) is 4.98 Å². The van der Waals surface area contributed by atoms with Crippen LogP contribution in [0, 0.1) is 17.0 Å². The van der Waals surface area contributed by atoms with Gasteiger partial charge in [-0.15, -0.1) is 0 Å². The number of anilines is 1. The number of sulfone groups is 2. The number of ether oxygens (including phenoxy) is 2. The summed E-state index contributed by atoms with van der Waals surface area (Å²) >= 11 is 6.02. The van der Waals surface area contributed by atoms with E-state index in [0.29, 0.717) is 5.02 Å². The molecule has 0 bridgehead atoms. The molecule has 1 saturated heterocycles. The number of benzene rings is 2. The summed E-state index contributed by atoms with van der Waals surface area (Å²) in [5.41, 5.74) is 3.90. The average molecular weight is 613 g/mol. The highest BCUT2D eigenvalue weighted by Gasteiger charge is 2.69. The number of nitrogens with zero attached hydrogens (tertiary/aromatic N) is 1. The Morgan fingerprint density at radius 2 is 1.77 bits per heavy atom. The molecule has 1 fully saturated rings. The van der Waals surface area contributed by atoms with Crippen LogP contribution in [0.5, 0.6) is 5.75 Å². The second kappa shape index (κ2) is 10.2. The van der Waals surface area contributed by atoms with Crippen LogP contribution in [0.3, 0.4) is 0 Å². The predicted octanol–water partition coefficient (Wildman–Crippen LogP) is 4.71. The largest absolute Gasteiger partial charge is 0.489 e. The lowest BCUT2D eigenvalue weighted by Crippen LogP contribution is -2.65. The normalized spacial score (nSPS) is 24.6. The number of hydrogen-bond acceptors (Lipinski definition) is 8. The van der Waals surface area contributed by atoms with Gasteiger partial charge in [-0.1, -0.05) is 18.5 Å². The lowest BCUT2D eigenvalue weighted by Gasteiger charge is -2.58. The molecule has 0 unspecified atom stereocenters. The number of halogens is 3. The van der Waals surface area contributed by atoms with Crippen LogP contribution in [0.1, 0.15) is 31.7 Å². The van der Waals surface area contributed by atoms with Gasteiger partial charge in [-0.25, -0.2) is 30.6 Å². The number of nitrogen functional groups attached to an aromatic ring is 1. The summed E-state index contributed by atoms with van der Waals surface area (Å²) in [4.78, 5) is 3.55. The predicted molar refractivity (Wildman–Crippen MR) is 145 cm³/mol. The third kappa shape index (κ3) is 4.18. The SMILES string of the molecule is CC[C@@]12COc3c(F)ccc(F)c3[C@]1(S(=O)(=O)c1ccc(Cl)cc1)CCO[C@H]2CCS(=O)(=O)c1cccnc1N. The Morgan fingerprint density at radius 1 is 1.07 bits per heavy atom. The van der Waals surface area contributed by atoms with Gasteiger partial charge in [0.2, 0.25) is 0 Å². The van der Waals surface area contributed by atoms with Crippen molar-refractivity contribution in [3.63, 3.8) is 0 Å². The Hall–Kier alpha value is -2.80. The molecule has 3 atom stereocenters. The van der Waals surface area contributed by atoms with Gasteiger partial charge in [0.15, 0.2) is 31.2 Å². The third-order valence-electron chi connectivity index (χ3n) is 8.13. The fraction of sp³-hybridized carbons (Fsp3) is 0.370. The monoisotopic (exact) mass is 612 g/mol. The standard InChI is InChI=1S/C27H27ClF2N2O6S2/c1-2-26-16-38-24-20(30)10-9-19(29)23(24)27(26,40(35,36)18-7-5-17(28)6-8-18)12-14-37-22(26)11-15-39(33,34)21-4-3-13-32-25(21)31/h3-10,13,22H,2,11-12,14-16H2,1H3,(H2,31,32)/t22-,26-,27+/m0/s1. The molecule has 0 aliphatic carbocycles. The Bertz CT molecular complexity index is 1670. The van der Waals surface area contributed by atoms with E-state index in [1.807, 2.05) is 0 Å². The van der Waals surface area contributed by atoms with E-state index in [4.69, 9.17) is 26.8 Å². The van der Waals surface area contributed by atoms with E-state index in [-0.39, 0.29) is 48.1 Å². The van der Waals surface area contributed by atoms with Crippen molar-refractivity contribution in [1.29, 1.82) is 0 Å². The maximum Gasteiger partial charge on any atom is 0.189 e. The second-order valence-corrected chi connectivity index (χ2v) is 14.6. The molecule has 5 rings (SSSR count). The summed E-state index contributed by atoms with van der Waals surface area (Å²) in [6.45, 7) is 1.21. The van der Waals surface area contributed by atoms with Gasteiger partial charge in [-0.2, -0.15) is 0 Å². The molecule has 40 heavy (non-hydrogen) atoms. The first-order valence-corrected chi connectivity index (χ1v) is 16.1. The first kappa shape index (κ1) is 28.7. The highest BCUT2D eigenvalue weighted by atomic mass is 35.5. The summed E-state index contributed by atoms with van der Waals surface area (Å²) in [6.07, 6.45) is 0.0798. The fourth-order valence-corrected chi connectivity index (χ4v) is 10.3. The molecular weight excluding hydrogens is 586 g/mol. The van der Waals surface area contributed by atoms with Crippen LogP contribution in [-0.2, 0) is 29.2 Å². The zero-order valence-corrected chi connectivity index (χ0v) is 23.8. The van der Waals surface area contributed by atoms with Crippen molar-refractivity contribution < 1.29 is 35.1 Å². The van der Waals surface area contributed by atoms with Gasteiger partial charge in [-0.05, 0) is 67.8 Å². The molecule has 13 heteroatoms. The van der Waals surface area contributed by atoms with Gasteiger partial charge in [0.05, 0.1) is 34.3 Å². The van der Waals surface area contributed by atoms with Crippen LogP contribution in [0.15, 0.2) is 64.5 Å². The highest BCUT2D eigenvalue weighted by molar-refractivity contribution is 7.92. The molecule has 3 aromatic rings. The molecule has 0 saturated carbocycles. The lowest BCUT2D eigenvalue weighted by atomic mass is 9.61. The van der Waals surface area contributed by atoms with Gasteiger partial charge >= 0.3 is 0 Å². The molecule has 8 nitrogen and oxygen atoms in total. The van der Waals surface area contributed by atoms with E-state index in [1.165, 1.54) is 42.6 Å². The third-order valence-corrected chi connectivity index (χ3v) is 12.8. The highest BCUT2D eigenvalue weighted by Crippen LogP contribution is 2.63. The first-order valence-electron chi connectivity index (χ1n) is 12.6. The second-order valence-electron chi connectivity index (χ2n) is 9.92. The van der Waals surface area contributed by atoms with Crippen LogP contribution in [0.25, 0.3) is 0 Å². The minimum atomic E-state index is -4.47. The minimum Gasteiger partial charge on any atom is -0.489 e. The van der Waals surface area contributed by atoms with Crippen molar-refractivity contribution in [2.45, 2.75) is 46.8 Å². The smallest absolute Gasteiger partial charge is 0.189 e. The Morgan fingerprint density at radius 3 is 2.45 bits per heavy atom. The van der Waals surface area contributed by atoms with Crippen LogP contribution >= 0.6 is 11.6 Å². The van der Waals surface area contributed by atoms with E-state index < -0.39 is 64.6 Å². The molecule has 2 aliphatic heterocycles. The van der Waals surface area contributed by atoms with Crippen molar-refractivity contribution in [3.05, 3.63) is 76.9 Å². The fourth-order valence-electron chi connectivity index (χ4n) is 6.21. The van der Waals surface area contributed by atoms with E-state index >= 15 is 8.78 Å². The van der Waals surface area contributed by atoms with Gasteiger partial charge in [0, 0.05) is 17.8 Å². The molecule has 0 amide bonds. The molecule has 3 heterocycles. The molecule has 0 spiro atoms. The number of rotatable bonds is 7. The average Bonchev–Trinajstić information content (AvgIpc) is 2.93. The van der Waals surface area contributed by atoms with Crippen molar-refractivity contribution in [2.75, 3.05) is 24.7 Å². The molecule has 2 aliphatic rings. The first-order chi connectivity index (χ1) is 18.9. The van der Waals surface area contributed by atoms with Crippen molar-refractivity contribution in [2.24, 2.45) is 5.41 Å². The molecular formula is C27H27ClF2N2O6S2. The number of pyridine rings is 1. The van der Waals surface area contributed by atoms with Crippen LogP contribution in [0.4, 0.5) is 14.6 Å². The summed E-state index contributed by atoms with van der Waals surface area (Å²) < 4.78 is 96.4. The molecule has 0 radical (unpaired) electrons. The zero-order valence-electron chi connectivity index (χ0n) is 21.4. The van der Waals surface area contributed by atoms with Crippen LogP contribution in [0.2, 0.25) is 5.02 Å². The number of aromatic nitrogens is 1. The topological polar surface area (TPSA) is 126 Å². The molecule has 2 N–H and O–H groups in total. The number of nitrogens with two attached hydrogens (primary N) is 1.